The van der Waals surface area contributed by atoms with Gasteiger partial charge in [0.2, 0.25) is 5.91 Å². The fraction of sp³-hybridized carbons (Fsp3) is 0.667. The molecule has 1 rings (SSSR count). The van der Waals surface area contributed by atoms with Gasteiger partial charge in [-0.3, -0.25) is 9.59 Å². The molecule has 4 heteroatoms. The second-order valence-electron chi connectivity index (χ2n) is 4.60. The molecule has 1 saturated carbocycles. The van der Waals surface area contributed by atoms with Crippen molar-refractivity contribution < 1.29 is 14.7 Å². The van der Waals surface area contributed by atoms with Crippen molar-refractivity contribution >= 4 is 11.9 Å². The van der Waals surface area contributed by atoms with Crippen molar-refractivity contribution in [3.8, 4) is 0 Å². The predicted molar refractivity (Wildman–Crippen MR) is 61.0 cm³/mol. The SMILES string of the molecule is C=CCC1(C(=O)NC(C)CC(=O)O)CCC1. The fourth-order valence-corrected chi connectivity index (χ4v) is 2.09. The minimum Gasteiger partial charge on any atom is -0.481 e. The van der Waals surface area contributed by atoms with Gasteiger partial charge in [-0.25, -0.2) is 0 Å². The van der Waals surface area contributed by atoms with Crippen LogP contribution >= 0.6 is 0 Å². The van der Waals surface area contributed by atoms with Crippen LogP contribution in [0.5, 0.6) is 0 Å². The highest BCUT2D eigenvalue weighted by molar-refractivity contribution is 5.84. The molecule has 0 aromatic carbocycles. The molecule has 90 valence electrons. The standard InChI is InChI=1S/C12H19NO3/c1-3-5-12(6-4-7-12)11(16)13-9(2)8-10(14)15/h3,9H,1,4-8H2,2H3,(H,13,16)(H,14,15). The largest absolute Gasteiger partial charge is 0.481 e. The van der Waals surface area contributed by atoms with E-state index in [9.17, 15) is 9.59 Å². The lowest BCUT2D eigenvalue weighted by atomic mass is 9.66. The normalized spacial score (nSPS) is 19.3. The first-order valence-corrected chi connectivity index (χ1v) is 5.64. The Morgan fingerprint density at radius 3 is 2.56 bits per heavy atom. The summed E-state index contributed by atoms with van der Waals surface area (Å²) in [5, 5.41) is 11.4. The van der Waals surface area contributed by atoms with Crippen LogP contribution in [0, 0.1) is 5.41 Å². The molecule has 1 unspecified atom stereocenters. The summed E-state index contributed by atoms with van der Waals surface area (Å²) in [6.45, 7) is 5.38. The Morgan fingerprint density at radius 2 is 2.19 bits per heavy atom. The van der Waals surface area contributed by atoms with Crippen LogP contribution in [0.25, 0.3) is 0 Å². The van der Waals surface area contributed by atoms with Gasteiger partial charge in [0.05, 0.1) is 11.8 Å². The number of carbonyl (C=O) groups is 2. The predicted octanol–water partition coefficient (Wildman–Crippen LogP) is 1.71. The minimum absolute atomic E-state index is 0.0209. The van der Waals surface area contributed by atoms with Gasteiger partial charge >= 0.3 is 5.97 Å². The van der Waals surface area contributed by atoms with Gasteiger partial charge in [0.25, 0.3) is 0 Å². The molecule has 1 atom stereocenters. The Labute approximate surface area is 95.7 Å². The third-order valence-corrected chi connectivity index (χ3v) is 3.19. The van der Waals surface area contributed by atoms with Gasteiger partial charge in [0.1, 0.15) is 0 Å². The van der Waals surface area contributed by atoms with Crippen molar-refractivity contribution in [2.75, 3.05) is 0 Å². The van der Waals surface area contributed by atoms with Crippen LogP contribution in [-0.4, -0.2) is 23.0 Å². The van der Waals surface area contributed by atoms with Gasteiger partial charge in [0, 0.05) is 6.04 Å². The molecule has 0 aromatic rings. The van der Waals surface area contributed by atoms with Crippen molar-refractivity contribution in [1.29, 1.82) is 0 Å². The zero-order valence-electron chi connectivity index (χ0n) is 9.66. The molecule has 0 bridgehead atoms. The van der Waals surface area contributed by atoms with Crippen LogP contribution < -0.4 is 5.32 Å². The van der Waals surface area contributed by atoms with Gasteiger partial charge in [-0.2, -0.15) is 0 Å². The van der Waals surface area contributed by atoms with E-state index in [4.69, 9.17) is 5.11 Å². The molecule has 4 nitrogen and oxygen atoms in total. The quantitative estimate of drug-likeness (QED) is 0.676. The highest BCUT2D eigenvalue weighted by atomic mass is 16.4. The lowest BCUT2D eigenvalue weighted by Crippen LogP contribution is -2.48. The van der Waals surface area contributed by atoms with Crippen LogP contribution in [0.2, 0.25) is 0 Å². The number of aliphatic carboxylic acids is 1. The number of allylic oxidation sites excluding steroid dienone is 1. The molecule has 0 aliphatic heterocycles. The van der Waals surface area contributed by atoms with Crippen molar-refractivity contribution in [2.24, 2.45) is 5.41 Å². The maximum Gasteiger partial charge on any atom is 0.305 e. The summed E-state index contributed by atoms with van der Waals surface area (Å²) in [6.07, 6.45) is 5.24. The van der Waals surface area contributed by atoms with Crippen molar-refractivity contribution in [3.05, 3.63) is 12.7 Å². The highest BCUT2D eigenvalue weighted by Crippen LogP contribution is 2.44. The van der Waals surface area contributed by atoms with Gasteiger partial charge in [-0.05, 0) is 26.2 Å². The van der Waals surface area contributed by atoms with Crippen LogP contribution in [-0.2, 0) is 9.59 Å². The molecule has 1 amide bonds. The molecule has 16 heavy (non-hydrogen) atoms. The summed E-state index contributed by atoms with van der Waals surface area (Å²) < 4.78 is 0. The van der Waals surface area contributed by atoms with Crippen molar-refractivity contribution in [1.82, 2.24) is 5.32 Å². The molecule has 1 aliphatic carbocycles. The lowest BCUT2D eigenvalue weighted by molar-refractivity contribution is -0.139. The summed E-state index contributed by atoms with van der Waals surface area (Å²) in [6, 6.07) is -0.313. The Hall–Kier alpha value is -1.32. The molecule has 1 fully saturated rings. The first-order valence-electron chi connectivity index (χ1n) is 5.64. The van der Waals surface area contributed by atoms with Gasteiger partial charge in [-0.15, -0.1) is 6.58 Å². The number of carboxylic acids is 1. The van der Waals surface area contributed by atoms with E-state index in [2.05, 4.69) is 11.9 Å². The Bertz CT molecular complexity index is 295. The van der Waals surface area contributed by atoms with Crippen LogP contribution in [0.4, 0.5) is 0 Å². The van der Waals surface area contributed by atoms with E-state index in [1.165, 1.54) is 0 Å². The molecular weight excluding hydrogens is 206 g/mol. The molecule has 2 N–H and O–H groups in total. The van der Waals surface area contributed by atoms with Gasteiger partial charge in [0.15, 0.2) is 0 Å². The van der Waals surface area contributed by atoms with Crippen LogP contribution in [0.15, 0.2) is 12.7 Å². The highest BCUT2D eigenvalue weighted by Gasteiger charge is 2.43. The van der Waals surface area contributed by atoms with E-state index in [0.717, 1.165) is 19.3 Å². The monoisotopic (exact) mass is 225 g/mol. The molecular formula is C12H19NO3. The number of nitrogens with one attached hydrogen (secondary N) is 1. The Balaban J connectivity index is 2.50. The lowest BCUT2D eigenvalue weighted by Gasteiger charge is -2.40. The molecule has 0 heterocycles. The zero-order chi connectivity index (χ0) is 12.2. The molecule has 0 saturated heterocycles. The second-order valence-corrected chi connectivity index (χ2v) is 4.60. The summed E-state index contributed by atoms with van der Waals surface area (Å²) in [5.41, 5.74) is -0.311. The first-order chi connectivity index (χ1) is 7.50. The number of hydrogen-bond acceptors (Lipinski definition) is 2. The third-order valence-electron chi connectivity index (χ3n) is 3.19. The Kier molecular flexibility index (Phi) is 4.10. The minimum atomic E-state index is -0.890. The maximum atomic E-state index is 12.0. The van der Waals surface area contributed by atoms with Crippen LogP contribution in [0.3, 0.4) is 0 Å². The summed E-state index contributed by atoms with van der Waals surface area (Å²) >= 11 is 0. The van der Waals surface area contributed by atoms with Crippen molar-refractivity contribution in [2.45, 2.75) is 45.1 Å². The second kappa shape index (κ2) is 5.14. The average molecular weight is 225 g/mol. The molecule has 0 radical (unpaired) electrons. The molecule has 0 aromatic heterocycles. The van der Waals surface area contributed by atoms with E-state index in [1.54, 1.807) is 13.0 Å². The van der Waals surface area contributed by atoms with E-state index in [1.807, 2.05) is 0 Å². The van der Waals surface area contributed by atoms with Gasteiger partial charge < -0.3 is 10.4 Å². The van der Waals surface area contributed by atoms with Crippen LogP contribution in [0.1, 0.15) is 39.0 Å². The van der Waals surface area contributed by atoms with E-state index < -0.39 is 5.97 Å². The number of rotatable bonds is 6. The smallest absolute Gasteiger partial charge is 0.305 e. The van der Waals surface area contributed by atoms with E-state index >= 15 is 0 Å². The number of carboxylic acid groups (broad SMARTS) is 1. The molecule has 0 spiro atoms. The summed E-state index contributed by atoms with van der Waals surface area (Å²) in [4.78, 5) is 22.5. The average Bonchev–Trinajstić information content (AvgIpc) is 2.09. The van der Waals surface area contributed by atoms with E-state index in [0.29, 0.717) is 6.42 Å². The zero-order valence-corrected chi connectivity index (χ0v) is 9.66. The number of carbonyl (C=O) groups excluding carboxylic acids is 1. The molecule has 1 aliphatic rings. The Morgan fingerprint density at radius 1 is 1.56 bits per heavy atom. The summed E-state index contributed by atoms with van der Waals surface area (Å²) in [5.74, 6) is -0.911. The van der Waals surface area contributed by atoms with Crippen molar-refractivity contribution in [3.63, 3.8) is 0 Å². The van der Waals surface area contributed by atoms with E-state index in [-0.39, 0.29) is 23.8 Å². The third kappa shape index (κ3) is 2.84. The summed E-state index contributed by atoms with van der Waals surface area (Å²) in [7, 11) is 0. The maximum absolute atomic E-state index is 12.0. The topological polar surface area (TPSA) is 66.4 Å². The number of hydrogen-bond donors (Lipinski definition) is 2. The fourth-order valence-electron chi connectivity index (χ4n) is 2.09. The first kappa shape index (κ1) is 12.7. The number of amides is 1. The van der Waals surface area contributed by atoms with Gasteiger partial charge in [-0.1, -0.05) is 12.5 Å².